The van der Waals surface area contributed by atoms with Crippen LogP contribution in [-0.2, 0) is 48.2 Å². The molecule has 0 radical (unpaired) electrons. The minimum absolute atomic E-state index is 0.185. The zero-order valence-electron chi connectivity index (χ0n) is 24.4. The summed E-state index contributed by atoms with van der Waals surface area (Å²) in [5.41, 5.74) is 3.38. The average Bonchev–Trinajstić information content (AvgIpc) is 3.08. The molecule has 0 aromatic heterocycles. The predicted molar refractivity (Wildman–Crippen MR) is 167 cm³/mol. The number of ether oxygens (including phenoxy) is 6. The van der Waals surface area contributed by atoms with Crippen LogP contribution in [0.3, 0.4) is 0 Å². The van der Waals surface area contributed by atoms with E-state index in [-0.39, 0.29) is 25.7 Å². The standard InChI is InChI=1S/C36H37ClO7/c37-21-22-40-36-34(44-35(38)30-19-11-4-12-20-30)33(42-25-29-17-9-3-10-18-29)32(41-24-28-15-7-2-8-16-28)31(43-36)26-39-23-27-13-5-1-6-14-27/h1-20,31-34,36H,21-26H2/t31?,32-,33?,34?,36-/m1/s1. The molecule has 0 aliphatic carbocycles. The Balaban J connectivity index is 1.44. The Hall–Kier alpha value is -3.56. The monoisotopic (exact) mass is 616 g/mol. The van der Waals surface area contributed by atoms with E-state index in [1.165, 1.54) is 0 Å². The van der Waals surface area contributed by atoms with Crippen molar-refractivity contribution in [3.63, 3.8) is 0 Å². The minimum atomic E-state index is -0.968. The number of carbonyl (C=O) groups excluding carboxylic acids is 1. The van der Waals surface area contributed by atoms with Crippen LogP contribution < -0.4 is 0 Å². The van der Waals surface area contributed by atoms with E-state index in [9.17, 15) is 4.79 Å². The molecular formula is C36H37ClO7. The molecule has 0 N–H and O–H groups in total. The van der Waals surface area contributed by atoms with Crippen LogP contribution >= 0.6 is 11.6 Å². The van der Waals surface area contributed by atoms with Crippen molar-refractivity contribution in [1.82, 2.24) is 0 Å². The van der Waals surface area contributed by atoms with Gasteiger partial charge in [-0.2, -0.15) is 0 Å². The van der Waals surface area contributed by atoms with E-state index in [4.69, 9.17) is 40.0 Å². The molecule has 1 fully saturated rings. The molecule has 3 unspecified atom stereocenters. The third kappa shape index (κ3) is 9.22. The normalized spacial score (nSPS) is 21.5. The molecule has 5 rings (SSSR count). The molecule has 5 atom stereocenters. The van der Waals surface area contributed by atoms with Gasteiger partial charge in [0, 0.05) is 5.88 Å². The summed E-state index contributed by atoms with van der Waals surface area (Å²) in [6.45, 7) is 1.32. The third-order valence-corrected chi connectivity index (χ3v) is 7.32. The van der Waals surface area contributed by atoms with Crippen molar-refractivity contribution in [2.75, 3.05) is 19.1 Å². The van der Waals surface area contributed by atoms with Crippen molar-refractivity contribution in [3.05, 3.63) is 144 Å². The van der Waals surface area contributed by atoms with Crippen molar-refractivity contribution in [3.8, 4) is 0 Å². The van der Waals surface area contributed by atoms with Crippen molar-refractivity contribution in [1.29, 1.82) is 0 Å². The fourth-order valence-corrected chi connectivity index (χ4v) is 5.08. The molecule has 230 valence electrons. The topological polar surface area (TPSA) is 72.5 Å². The first-order valence-electron chi connectivity index (χ1n) is 14.7. The Labute approximate surface area is 263 Å². The first-order valence-corrected chi connectivity index (χ1v) is 15.3. The number of rotatable bonds is 15. The smallest absolute Gasteiger partial charge is 0.338 e. The fraction of sp³-hybridized carbons (Fsp3) is 0.306. The second kappa shape index (κ2) is 17.1. The highest BCUT2D eigenvalue weighted by molar-refractivity contribution is 6.17. The zero-order chi connectivity index (χ0) is 30.4. The summed E-state index contributed by atoms with van der Waals surface area (Å²) >= 11 is 6.01. The average molecular weight is 617 g/mol. The molecule has 7 nitrogen and oxygen atoms in total. The van der Waals surface area contributed by atoms with Crippen molar-refractivity contribution < 1.29 is 33.2 Å². The lowest BCUT2D eigenvalue weighted by Crippen LogP contribution is -2.62. The predicted octanol–water partition coefficient (Wildman–Crippen LogP) is 6.58. The second-order valence-electron chi connectivity index (χ2n) is 10.4. The number of hydrogen-bond donors (Lipinski definition) is 0. The summed E-state index contributed by atoms with van der Waals surface area (Å²) in [6, 6.07) is 38.4. The van der Waals surface area contributed by atoms with Gasteiger partial charge < -0.3 is 28.4 Å². The minimum Gasteiger partial charge on any atom is -0.450 e. The van der Waals surface area contributed by atoms with Gasteiger partial charge in [-0.25, -0.2) is 4.79 Å². The van der Waals surface area contributed by atoms with E-state index in [0.717, 1.165) is 16.7 Å². The molecule has 0 saturated carbocycles. The summed E-state index contributed by atoms with van der Waals surface area (Å²) in [5, 5.41) is 0. The van der Waals surface area contributed by atoms with Gasteiger partial charge in [-0.05, 0) is 28.8 Å². The van der Waals surface area contributed by atoms with E-state index in [1.54, 1.807) is 24.3 Å². The summed E-state index contributed by atoms with van der Waals surface area (Å²) in [7, 11) is 0. The Bertz CT molecular complexity index is 1380. The zero-order valence-corrected chi connectivity index (χ0v) is 25.2. The van der Waals surface area contributed by atoms with E-state index in [2.05, 4.69) is 0 Å². The Kier molecular flexibility index (Phi) is 12.4. The highest BCUT2D eigenvalue weighted by Gasteiger charge is 2.50. The van der Waals surface area contributed by atoms with Crippen molar-refractivity contribution >= 4 is 17.6 Å². The maximum absolute atomic E-state index is 13.4. The summed E-state index contributed by atoms with van der Waals surface area (Å²) in [4.78, 5) is 13.4. The molecular weight excluding hydrogens is 580 g/mol. The Morgan fingerprint density at radius 2 is 1.11 bits per heavy atom. The summed E-state index contributed by atoms with van der Waals surface area (Å²) in [6.07, 6.45) is -3.95. The van der Waals surface area contributed by atoms with E-state index in [1.807, 2.05) is 97.1 Å². The molecule has 1 saturated heterocycles. The first kappa shape index (κ1) is 31.9. The molecule has 1 aliphatic rings. The van der Waals surface area contributed by atoms with E-state index >= 15 is 0 Å². The number of alkyl halides is 1. The second-order valence-corrected chi connectivity index (χ2v) is 10.7. The van der Waals surface area contributed by atoms with Gasteiger partial charge in [0.15, 0.2) is 12.4 Å². The highest BCUT2D eigenvalue weighted by atomic mass is 35.5. The molecule has 1 aliphatic heterocycles. The molecule has 8 heteroatoms. The largest absolute Gasteiger partial charge is 0.450 e. The quantitative estimate of drug-likeness (QED) is 0.110. The van der Waals surface area contributed by atoms with Gasteiger partial charge in [0.2, 0.25) is 0 Å². The molecule has 1 heterocycles. The highest BCUT2D eigenvalue weighted by Crippen LogP contribution is 2.31. The Morgan fingerprint density at radius 3 is 1.66 bits per heavy atom. The van der Waals surface area contributed by atoms with Gasteiger partial charge in [0.1, 0.15) is 18.3 Å². The van der Waals surface area contributed by atoms with Crippen LogP contribution in [0.2, 0.25) is 0 Å². The number of esters is 1. The number of benzene rings is 4. The van der Waals surface area contributed by atoms with Crippen molar-refractivity contribution in [2.24, 2.45) is 0 Å². The van der Waals surface area contributed by atoms with Gasteiger partial charge >= 0.3 is 5.97 Å². The lowest BCUT2D eigenvalue weighted by Gasteiger charge is -2.45. The number of halogens is 1. The van der Waals surface area contributed by atoms with Crippen molar-refractivity contribution in [2.45, 2.75) is 50.5 Å². The number of hydrogen-bond acceptors (Lipinski definition) is 7. The van der Waals surface area contributed by atoms with Crippen LogP contribution in [0.1, 0.15) is 27.0 Å². The van der Waals surface area contributed by atoms with Gasteiger partial charge in [-0.15, -0.1) is 11.6 Å². The molecule has 44 heavy (non-hydrogen) atoms. The molecule has 0 amide bonds. The summed E-state index contributed by atoms with van der Waals surface area (Å²) in [5.74, 6) is -0.287. The Morgan fingerprint density at radius 1 is 0.614 bits per heavy atom. The fourth-order valence-electron chi connectivity index (χ4n) is 4.99. The first-order chi connectivity index (χ1) is 21.7. The number of carbonyl (C=O) groups is 1. The van der Waals surface area contributed by atoms with Gasteiger partial charge in [0.25, 0.3) is 0 Å². The SMILES string of the molecule is O=C(OC1C(OCc2ccccc2)[C@H](OCc2ccccc2)C(COCc2ccccc2)O[C@H]1OCCCl)c1ccccc1. The molecule has 4 aromatic rings. The maximum atomic E-state index is 13.4. The lowest BCUT2D eigenvalue weighted by atomic mass is 9.97. The van der Waals surface area contributed by atoms with Crippen LogP contribution in [0, 0.1) is 0 Å². The third-order valence-electron chi connectivity index (χ3n) is 7.17. The van der Waals surface area contributed by atoms with Gasteiger partial charge in [0.05, 0.1) is 38.6 Å². The van der Waals surface area contributed by atoms with Crippen LogP contribution in [-0.4, -0.2) is 55.8 Å². The molecule has 0 bridgehead atoms. The molecule has 0 spiro atoms. The maximum Gasteiger partial charge on any atom is 0.338 e. The lowest BCUT2D eigenvalue weighted by molar-refractivity contribution is -0.316. The van der Waals surface area contributed by atoms with Gasteiger partial charge in [-0.3, -0.25) is 0 Å². The van der Waals surface area contributed by atoms with E-state index < -0.39 is 36.7 Å². The van der Waals surface area contributed by atoms with Crippen LogP contribution in [0.15, 0.2) is 121 Å². The summed E-state index contributed by atoms with van der Waals surface area (Å²) < 4.78 is 37.9. The van der Waals surface area contributed by atoms with Crippen LogP contribution in [0.5, 0.6) is 0 Å². The molecule has 4 aromatic carbocycles. The van der Waals surface area contributed by atoms with E-state index in [0.29, 0.717) is 18.8 Å². The van der Waals surface area contributed by atoms with Crippen LogP contribution in [0.25, 0.3) is 0 Å². The van der Waals surface area contributed by atoms with Crippen LogP contribution in [0.4, 0.5) is 0 Å². The van der Waals surface area contributed by atoms with Gasteiger partial charge in [-0.1, -0.05) is 109 Å².